The Morgan fingerprint density at radius 3 is 2.84 bits per heavy atom. The van der Waals surface area contributed by atoms with E-state index in [0.717, 1.165) is 5.56 Å². The first-order valence-corrected chi connectivity index (χ1v) is 6.27. The maximum atomic E-state index is 11.8. The molecule has 1 aromatic heterocycles. The van der Waals surface area contributed by atoms with E-state index >= 15 is 0 Å². The molecule has 1 amide bonds. The Hall–Kier alpha value is -2.03. The van der Waals surface area contributed by atoms with Crippen molar-refractivity contribution in [3.63, 3.8) is 0 Å². The van der Waals surface area contributed by atoms with Gasteiger partial charge < -0.3 is 9.64 Å². The number of aromatic nitrogens is 2. The average Bonchev–Trinajstić information content (AvgIpc) is 2.61. The fraction of sp³-hybridized carbons (Fsp3) is 0.615. The highest BCUT2D eigenvalue weighted by molar-refractivity contribution is 5.69. The number of carbonyl (C=O) groups is 1. The van der Waals surface area contributed by atoms with E-state index in [1.54, 1.807) is 11.1 Å². The summed E-state index contributed by atoms with van der Waals surface area (Å²) in [6, 6.07) is 2.27. The Morgan fingerprint density at radius 1 is 1.58 bits per heavy atom. The molecule has 0 radical (unpaired) electrons. The second kappa shape index (κ2) is 4.92. The highest BCUT2D eigenvalue weighted by Crippen LogP contribution is 2.23. The second-order valence-electron chi connectivity index (χ2n) is 5.70. The third-order valence-electron chi connectivity index (χ3n) is 2.83. The Labute approximate surface area is 112 Å². The number of hydrogen-bond acceptors (Lipinski definition) is 4. The molecular formula is C13H18N4O2. The molecule has 0 unspecified atom stereocenters. The lowest BCUT2D eigenvalue weighted by molar-refractivity contribution is -0.000392. The molecule has 19 heavy (non-hydrogen) atoms. The number of nitrogens with zero attached hydrogens (tertiary/aromatic N) is 4. The van der Waals surface area contributed by atoms with E-state index in [9.17, 15) is 4.79 Å². The van der Waals surface area contributed by atoms with Gasteiger partial charge in [-0.3, -0.25) is 4.68 Å². The van der Waals surface area contributed by atoms with Gasteiger partial charge in [0.15, 0.2) is 0 Å². The summed E-state index contributed by atoms with van der Waals surface area (Å²) in [5.41, 5.74) is 0.437. The molecule has 0 atom stereocenters. The third-order valence-corrected chi connectivity index (χ3v) is 2.83. The molecule has 0 saturated carbocycles. The maximum Gasteiger partial charge on any atom is 0.410 e. The van der Waals surface area contributed by atoms with Gasteiger partial charge in [-0.05, 0) is 20.8 Å². The molecule has 0 N–H and O–H groups in total. The van der Waals surface area contributed by atoms with Crippen LogP contribution in [0.25, 0.3) is 0 Å². The Morgan fingerprint density at radius 2 is 2.26 bits per heavy atom. The van der Waals surface area contributed by atoms with Crippen LogP contribution < -0.4 is 0 Å². The van der Waals surface area contributed by atoms with Gasteiger partial charge in [0.25, 0.3) is 0 Å². The van der Waals surface area contributed by atoms with Crippen LogP contribution in [0.3, 0.4) is 0 Å². The average molecular weight is 262 g/mol. The summed E-state index contributed by atoms with van der Waals surface area (Å²) in [5, 5.41) is 12.8. The minimum absolute atomic E-state index is 0.181. The van der Waals surface area contributed by atoms with Gasteiger partial charge in [0.1, 0.15) is 5.60 Å². The zero-order chi connectivity index (χ0) is 14.0. The lowest BCUT2D eigenvalue weighted by atomic mass is 10.1. The van der Waals surface area contributed by atoms with Crippen LogP contribution in [0.2, 0.25) is 0 Å². The van der Waals surface area contributed by atoms with Crippen molar-refractivity contribution < 1.29 is 9.53 Å². The van der Waals surface area contributed by atoms with Crippen LogP contribution in [-0.2, 0) is 11.2 Å². The molecule has 102 valence electrons. The zero-order valence-electron chi connectivity index (χ0n) is 11.5. The lowest BCUT2D eigenvalue weighted by Gasteiger charge is -2.39. The highest BCUT2D eigenvalue weighted by Gasteiger charge is 2.35. The van der Waals surface area contributed by atoms with Gasteiger partial charge in [-0.2, -0.15) is 10.4 Å². The predicted molar refractivity (Wildman–Crippen MR) is 68.4 cm³/mol. The minimum Gasteiger partial charge on any atom is -0.444 e. The van der Waals surface area contributed by atoms with E-state index in [2.05, 4.69) is 11.2 Å². The fourth-order valence-corrected chi connectivity index (χ4v) is 1.86. The molecule has 6 nitrogen and oxygen atoms in total. The summed E-state index contributed by atoms with van der Waals surface area (Å²) in [7, 11) is 0. The van der Waals surface area contributed by atoms with Gasteiger partial charge in [0.05, 0.1) is 24.7 Å². The first-order valence-electron chi connectivity index (χ1n) is 6.27. The van der Waals surface area contributed by atoms with E-state index < -0.39 is 5.60 Å². The number of carbonyl (C=O) groups excluding carboxylic acids is 1. The third kappa shape index (κ3) is 3.25. The maximum absolute atomic E-state index is 11.8. The number of rotatable bonds is 2. The molecule has 0 spiro atoms. The molecule has 0 aromatic carbocycles. The van der Waals surface area contributed by atoms with Crippen molar-refractivity contribution in [2.24, 2.45) is 0 Å². The topological polar surface area (TPSA) is 71.2 Å². The van der Waals surface area contributed by atoms with Crippen molar-refractivity contribution in [2.75, 3.05) is 13.1 Å². The SMILES string of the molecule is CC(C)(C)OC(=O)N1CC(n2cc(CC#N)cn2)C1. The highest BCUT2D eigenvalue weighted by atomic mass is 16.6. The van der Waals surface area contributed by atoms with Crippen LogP contribution in [0.5, 0.6) is 0 Å². The van der Waals surface area contributed by atoms with E-state index in [1.807, 2.05) is 31.6 Å². The summed E-state index contributed by atoms with van der Waals surface area (Å²) in [5.74, 6) is 0. The molecule has 1 aromatic rings. The van der Waals surface area contributed by atoms with Crippen molar-refractivity contribution in [1.82, 2.24) is 14.7 Å². The van der Waals surface area contributed by atoms with Crippen LogP contribution in [-0.4, -0.2) is 39.5 Å². The van der Waals surface area contributed by atoms with E-state index in [4.69, 9.17) is 10.00 Å². The second-order valence-corrected chi connectivity index (χ2v) is 5.70. The molecule has 1 fully saturated rings. The van der Waals surface area contributed by atoms with Crippen LogP contribution in [0.15, 0.2) is 12.4 Å². The molecule has 1 aliphatic heterocycles. The monoisotopic (exact) mass is 262 g/mol. The van der Waals surface area contributed by atoms with Gasteiger partial charge in [0, 0.05) is 24.8 Å². The summed E-state index contributed by atoms with van der Waals surface area (Å²) >= 11 is 0. The number of hydrogen-bond donors (Lipinski definition) is 0. The Bertz CT molecular complexity index is 503. The molecule has 2 rings (SSSR count). The quantitative estimate of drug-likeness (QED) is 0.814. The standard InChI is InChI=1S/C13H18N4O2/c1-13(2,3)19-12(18)16-8-11(9-16)17-7-10(4-5-14)6-15-17/h6-7,11H,4,8-9H2,1-3H3. The molecule has 2 heterocycles. The van der Waals surface area contributed by atoms with Crippen LogP contribution in [0.4, 0.5) is 4.79 Å². The minimum atomic E-state index is -0.464. The number of likely N-dealkylation sites (tertiary alicyclic amines) is 1. The summed E-state index contributed by atoms with van der Waals surface area (Å²) in [4.78, 5) is 13.4. The van der Waals surface area contributed by atoms with Crippen LogP contribution >= 0.6 is 0 Å². The van der Waals surface area contributed by atoms with Crippen LogP contribution in [0, 0.1) is 11.3 Å². The summed E-state index contributed by atoms with van der Waals surface area (Å²) in [6.07, 6.45) is 3.63. The molecular weight excluding hydrogens is 244 g/mol. The van der Waals surface area contributed by atoms with E-state index in [-0.39, 0.29) is 12.1 Å². The molecule has 1 aliphatic rings. The number of amides is 1. The van der Waals surface area contributed by atoms with Crippen molar-refractivity contribution in [3.8, 4) is 6.07 Å². The van der Waals surface area contributed by atoms with Crippen molar-refractivity contribution in [3.05, 3.63) is 18.0 Å². The van der Waals surface area contributed by atoms with Crippen molar-refractivity contribution >= 4 is 6.09 Å². The Kier molecular flexibility index (Phi) is 3.47. The van der Waals surface area contributed by atoms with Gasteiger partial charge in [0.2, 0.25) is 0 Å². The predicted octanol–water partition coefficient (Wildman–Crippen LogP) is 1.74. The van der Waals surface area contributed by atoms with Gasteiger partial charge in [-0.15, -0.1) is 0 Å². The number of ether oxygens (including phenoxy) is 1. The van der Waals surface area contributed by atoms with Gasteiger partial charge in [-0.1, -0.05) is 0 Å². The fourth-order valence-electron chi connectivity index (χ4n) is 1.86. The summed E-state index contributed by atoms with van der Waals surface area (Å²) in [6.45, 7) is 6.75. The molecule has 0 aliphatic carbocycles. The van der Waals surface area contributed by atoms with Crippen LogP contribution in [0.1, 0.15) is 32.4 Å². The Balaban J connectivity index is 1.85. The van der Waals surface area contributed by atoms with Gasteiger partial charge in [-0.25, -0.2) is 4.79 Å². The molecule has 1 saturated heterocycles. The molecule has 6 heteroatoms. The smallest absolute Gasteiger partial charge is 0.410 e. The largest absolute Gasteiger partial charge is 0.444 e. The number of nitriles is 1. The zero-order valence-corrected chi connectivity index (χ0v) is 11.5. The molecule has 0 bridgehead atoms. The summed E-state index contributed by atoms with van der Waals surface area (Å²) < 4.78 is 7.10. The van der Waals surface area contributed by atoms with E-state index in [1.165, 1.54) is 0 Å². The van der Waals surface area contributed by atoms with Gasteiger partial charge >= 0.3 is 6.09 Å². The van der Waals surface area contributed by atoms with Crippen molar-refractivity contribution in [2.45, 2.75) is 38.8 Å². The lowest BCUT2D eigenvalue weighted by Crippen LogP contribution is -2.52. The van der Waals surface area contributed by atoms with E-state index in [0.29, 0.717) is 19.5 Å². The first-order chi connectivity index (χ1) is 8.89. The first kappa shape index (κ1) is 13.4. The normalized spacial score (nSPS) is 15.8. The van der Waals surface area contributed by atoms with Crippen molar-refractivity contribution in [1.29, 1.82) is 5.26 Å².